The molecule has 1 fully saturated rings. The first-order chi connectivity index (χ1) is 12.0. The zero-order valence-corrected chi connectivity index (χ0v) is 14.1. The van der Waals surface area contributed by atoms with Gasteiger partial charge in [0.25, 0.3) is 11.6 Å². The fourth-order valence-electron chi connectivity index (χ4n) is 2.81. The van der Waals surface area contributed by atoms with Crippen LogP contribution in [0.4, 0.5) is 5.69 Å². The van der Waals surface area contributed by atoms with Crippen LogP contribution in [0.3, 0.4) is 0 Å². The first-order valence-electron chi connectivity index (χ1n) is 7.92. The Bertz CT molecular complexity index is 756. The van der Waals surface area contributed by atoms with E-state index >= 15 is 0 Å². The molecule has 1 saturated heterocycles. The van der Waals surface area contributed by atoms with Crippen LogP contribution in [-0.4, -0.2) is 35.0 Å². The molecule has 0 N–H and O–H groups in total. The van der Waals surface area contributed by atoms with Gasteiger partial charge >= 0.3 is 0 Å². The molecule has 0 bridgehead atoms. The fourth-order valence-corrected chi connectivity index (χ4v) is 3.00. The molecular formula is C17H17ClN2O5. The standard InChI is InChI=1S/C17H17ClN2O5/c18-15-6-5-12(9-16(15)20(22)23)17(21)19(10-13-3-1-7-24-13)11-14-4-2-8-25-14/h1,3,5-7,9,14H,2,4,8,10-11H2/t14-/m0/s1. The molecule has 3 rings (SSSR count). The lowest BCUT2D eigenvalue weighted by molar-refractivity contribution is -0.384. The summed E-state index contributed by atoms with van der Waals surface area (Å²) in [5, 5.41) is 11.1. The smallest absolute Gasteiger partial charge is 0.288 e. The van der Waals surface area contributed by atoms with Gasteiger partial charge in [0.05, 0.1) is 23.8 Å². The molecule has 1 amide bonds. The van der Waals surface area contributed by atoms with E-state index in [9.17, 15) is 14.9 Å². The van der Waals surface area contributed by atoms with E-state index in [2.05, 4.69) is 0 Å². The minimum absolute atomic E-state index is 0.00161. The lowest BCUT2D eigenvalue weighted by Crippen LogP contribution is -2.36. The van der Waals surface area contributed by atoms with Crippen molar-refractivity contribution in [2.75, 3.05) is 13.2 Å². The number of rotatable bonds is 6. The number of amides is 1. The maximum Gasteiger partial charge on any atom is 0.288 e. The van der Waals surface area contributed by atoms with Crippen LogP contribution in [0.15, 0.2) is 41.0 Å². The third kappa shape index (κ3) is 4.18. The summed E-state index contributed by atoms with van der Waals surface area (Å²) in [5.41, 5.74) is -0.0803. The number of nitro groups is 1. The van der Waals surface area contributed by atoms with Crippen molar-refractivity contribution in [3.8, 4) is 0 Å². The number of hydrogen-bond donors (Lipinski definition) is 0. The minimum atomic E-state index is -0.601. The lowest BCUT2D eigenvalue weighted by Gasteiger charge is -2.24. The average Bonchev–Trinajstić information content (AvgIpc) is 3.27. The van der Waals surface area contributed by atoms with Crippen LogP contribution in [0, 0.1) is 10.1 Å². The van der Waals surface area contributed by atoms with Crippen molar-refractivity contribution < 1.29 is 18.9 Å². The second kappa shape index (κ2) is 7.67. The van der Waals surface area contributed by atoms with Crippen molar-refractivity contribution in [3.05, 3.63) is 63.1 Å². The highest BCUT2D eigenvalue weighted by Gasteiger charge is 2.26. The summed E-state index contributed by atoms with van der Waals surface area (Å²) in [5.74, 6) is 0.307. The Hall–Kier alpha value is -2.38. The summed E-state index contributed by atoms with van der Waals surface area (Å²) in [4.78, 5) is 25.0. The Morgan fingerprint density at radius 3 is 2.88 bits per heavy atom. The van der Waals surface area contributed by atoms with Crippen molar-refractivity contribution >= 4 is 23.2 Å². The predicted molar refractivity (Wildman–Crippen MR) is 90.5 cm³/mol. The maximum absolute atomic E-state index is 12.9. The number of nitro benzene ring substituents is 1. The molecular weight excluding hydrogens is 348 g/mol. The van der Waals surface area contributed by atoms with E-state index < -0.39 is 4.92 Å². The second-order valence-electron chi connectivity index (χ2n) is 5.82. The molecule has 0 aliphatic carbocycles. The van der Waals surface area contributed by atoms with Gasteiger partial charge in [0.15, 0.2) is 0 Å². The lowest BCUT2D eigenvalue weighted by atomic mass is 10.1. The molecule has 0 saturated carbocycles. The highest BCUT2D eigenvalue weighted by molar-refractivity contribution is 6.32. The van der Waals surface area contributed by atoms with Gasteiger partial charge in [0.2, 0.25) is 0 Å². The SMILES string of the molecule is O=C(c1ccc(Cl)c([N+](=O)[O-])c1)N(Cc1ccco1)C[C@@H]1CCCO1. The third-order valence-corrected chi connectivity index (χ3v) is 4.37. The molecule has 1 atom stereocenters. The largest absolute Gasteiger partial charge is 0.467 e. The molecule has 1 aromatic carbocycles. The quantitative estimate of drug-likeness (QED) is 0.576. The minimum Gasteiger partial charge on any atom is -0.467 e. The summed E-state index contributed by atoms with van der Waals surface area (Å²) < 4.78 is 10.9. The Labute approximate surface area is 149 Å². The number of halogens is 1. The van der Waals surface area contributed by atoms with Gasteiger partial charge in [-0.3, -0.25) is 14.9 Å². The van der Waals surface area contributed by atoms with Gasteiger partial charge in [-0.05, 0) is 37.1 Å². The molecule has 2 aromatic rings. The fraction of sp³-hybridized carbons (Fsp3) is 0.353. The van der Waals surface area contributed by atoms with Crippen LogP contribution >= 0.6 is 11.6 Å². The molecule has 0 unspecified atom stereocenters. The molecule has 1 aliphatic heterocycles. The average molecular weight is 365 g/mol. The summed E-state index contributed by atoms with van der Waals surface area (Å²) in [6.45, 7) is 1.35. The Balaban J connectivity index is 1.84. The molecule has 8 heteroatoms. The van der Waals surface area contributed by atoms with Crippen LogP contribution < -0.4 is 0 Å². The number of furan rings is 1. The Kier molecular flexibility index (Phi) is 5.35. The second-order valence-corrected chi connectivity index (χ2v) is 6.23. The van der Waals surface area contributed by atoms with E-state index in [1.54, 1.807) is 17.0 Å². The van der Waals surface area contributed by atoms with Crippen molar-refractivity contribution in [1.82, 2.24) is 4.90 Å². The van der Waals surface area contributed by atoms with Gasteiger partial charge in [-0.2, -0.15) is 0 Å². The van der Waals surface area contributed by atoms with Crippen molar-refractivity contribution in [3.63, 3.8) is 0 Å². The summed E-state index contributed by atoms with van der Waals surface area (Å²) >= 11 is 5.83. The number of benzene rings is 1. The molecule has 1 aliphatic rings. The number of hydrogen-bond acceptors (Lipinski definition) is 5. The molecule has 1 aromatic heterocycles. The van der Waals surface area contributed by atoms with Crippen molar-refractivity contribution in [1.29, 1.82) is 0 Å². The molecule has 0 spiro atoms. The summed E-state index contributed by atoms with van der Waals surface area (Å²) in [6.07, 6.45) is 3.33. The van der Waals surface area contributed by atoms with Crippen molar-refractivity contribution in [2.45, 2.75) is 25.5 Å². The number of carbonyl (C=O) groups excluding carboxylic acids is 1. The third-order valence-electron chi connectivity index (χ3n) is 4.05. The monoisotopic (exact) mass is 364 g/mol. The highest BCUT2D eigenvalue weighted by Crippen LogP contribution is 2.26. The molecule has 132 valence electrons. The first kappa shape index (κ1) is 17.4. The van der Waals surface area contributed by atoms with Crippen LogP contribution in [0.5, 0.6) is 0 Å². The zero-order valence-electron chi connectivity index (χ0n) is 13.4. The summed E-state index contributed by atoms with van der Waals surface area (Å²) in [7, 11) is 0. The van der Waals surface area contributed by atoms with Crippen molar-refractivity contribution in [2.24, 2.45) is 0 Å². The van der Waals surface area contributed by atoms with Gasteiger partial charge in [-0.15, -0.1) is 0 Å². The van der Waals surface area contributed by atoms with E-state index in [1.807, 2.05) is 0 Å². The van der Waals surface area contributed by atoms with E-state index in [1.165, 1.54) is 24.5 Å². The zero-order chi connectivity index (χ0) is 17.8. The number of ether oxygens (including phenoxy) is 1. The van der Waals surface area contributed by atoms with Crippen LogP contribution in [0.25, 0.3) is 0 Å². The number of carbonyl (C=O) groups is 1. The highest BCUT2D eigenvalue weighted by atomic mass is 35.5. The van der Waals surface area contributed by atoms with Gasteiger partial charge in [-0.25, -0.2) is 0 Å². The predicted octanol–water partition coefficient (Wildman–Crippen LogP) is 3.66. The van der Waals surface area contributed by atoms with Crippen LogP contribution in [-0.2, 0) is 11.3 Å². The topological polar surface area (TPSA) is 85.8 Å². The van der Waals surface area contributed by atoms with E-state index in [4.69, 9.17) is 20.8 Å². The molecule has 7 nitrogen and oxygen atoms in total. The number of nitrogens with zero attached hydrogens (tertiary/aromatic N) is 2. The van der Waals surface area contributed by atoms with Crippen LogP contribution in [0.1, 0.15) is 29.0 Å². The molecule has 2 heterocycles. The van der Waals surface area contributed by atoms with Gasteiger partial charge in [0.1, 0.15) is 10.8 Å². The van der Waals surface area contributed by atoms with Crippen LogP contribution in [0.2, 0.25) is 5.02 Å². The maximum atomic E-state index is 12.9. The van der Waals surface area contributed by atoms with Gasteiger partial charge in [0, 0.05) is 24.8 Å². The van der Waals surface area contributed by atoms with Gasteiger partial charge in [-0.1, -0.05) is 11.6 Å². The molecule has 0 radical (unpaired) electrons. The van der Waals surface area contributed by atoms with Gasteiger partial charge < -0.3 is 14.1 Å². The Morgan fingerprint density at radius 1 is 1.40 bits per heavy atom. The Morgan fingerprint density at radius 2 is 2.24 bits per heavy atom. The molecule has 25 heavy (non-hydrogen) atoms. The van der Waals surface area contributed by atoms with E-state index in [-0.39, 0.29) is 34.8 Å². The van der Waals surface area contributed by atoms with E-state index in [0.717, 1.165) is 12.8 Å². The van der Waals surface area contributed by atoms with E-state index in [0.29, 0.717) is 18.9 Å². The normalized spacial score (nSPS) is 16.8. The first-order valence-corrected chi connectivity index (χ1v) is 8.29. The summed E-state index contributed by atoms with van der Waals surface area (Å²) in [6, 6.07) is 7.58.